The van der Waals surface area contributed by atoms with E-state index >= 15 is 0 Å². The molecule has 0 radical (unpaired) electrons. The largest absolute Gasteiger partial charge is 0.409 e. The number of amidine groups is 1. The van der Waals surface area contributed by atoms with Gasteiger partial charge in [0.2, 0.25) is 0 Å². The van der Waals surface area contributed by atoms with Crippen molar-refractivity contribution in [1.29, 1.82) is 0 Å². The van der Waals surface area contributed by atoms with Crippen molar-refractivity contribution in [2.45, 2.75) is 13.0 Å². The van der Waals surface area contributed by atoms with Gasteiger partial charge < -0.3 is 15.8 Å². The number of hydrogen-bond donors (Lipinski definition) is 2. The molecule has 3 N–H and O–H groups in total. The van der Waals surface area contributed by atoms with Gasteiger partial charge >= 0.3 is 0 Å². The molecular weight excluding hydrogens is 228 g/mol. The summed E-state index contributed by atoms with van der Waals surface area (Å²) in [6, 6.07) is 3.48. The highest BCUT2D eigenvalue weighted by atomic mass is 19.1. The second-order valence-corrected chi connectivity index (χ2v) is 3.81. The van der Waals surface area contributed by atoms with E-state index < -0.39 is 11.6 Å². The zero-order chi connectivity index (χ0) is 12.8. The molecule has 4 nitrogen and oxygen atoms in total. The number of rotatable bonds is 5. The smallest absolute Gasteiger partial charge is 0.140 e. The Kier molecular flexibility index (Phi) is 4.84. The Morgan fingerprint density at radius 1 is 1.47 bits per heavy atom. The molecule has 0 unspecified atom stereocenters. The average Bonchev–Trinajstić information content (AvgIpc) is 2.29. The summed E-state index contributed by atoms with van der Waals surface area (Å²) < 4.78 is 26.0. The van der Waals surface area contributed by atoms with Gasteiger partial charge in [0.15, 0.2) is 0 Å². The van der Waals surface area contributed by atoms with E-state index in [0.717, 1.165) is 6.07 Å². The molecule has 0 atom stereocenters. The lowest BCUT2D eigenvalue weighted by Gasteiger charge is -2.16. The molecule has 0 fully saturated rings. The van der Waals surface area contributed by atoms with E-state index in [9.17, 15) is 8.78 Å². The minimum Gasteiger partial charge on any atom is -0.409 e. The summed E-state index contributed by atoms with van der Waals surface area (Å²) in [6.45, 7) is 0.859. The van der Waals surface area contributed by atoms with Crippen LogP contribution < -0.4 is 5.73 Å². The van der Waals surface area contributed by atoms with Crippen molar-refractivity contribution in [2.75, 3.05) is 13.6 Å². The predicted molar refractivity (Wildman–Crippen MR) is 60.7 cm³/mol. The maximum absolute atomic E-state index is 13.3. The summed E-state index contributed by atoms with van der Waals surface area (Å²) in [6.07, 6.45) is 0.385. The molecule has 0 saturated heterocycles. The Morgan fingerprint density at radius 2 is 2.18 bits per heavy atom. The molecule has 94 valence electrons. The summed E-state index contributed by atoms with van der Waals surface area (Å²) in [5.74, 6) is -1.04. The third-order valence-electron chi connectivity index (χ3n) is 2.33. The van der Waals surface area contributed by atoms with Gasteiger partial charge in [0.1, 0.15) is 17.5 Å². The second kappa shape index (κ2) is 6.15. The van der Waals surface area contributed by atoms with Crippen molar-refractivity contribution in [1.82, 2.24) is 4.90 Å². The van der Waals surface area contributed by atoms with Crippen molar-refractivity contribution in [3.05, 3.63) is 35.4 Å². The van der Waals surface area contributed by atoms with Crippen LogP contribution in [0.4, 0.5) is 8.78 Å². The number of benzene rings is 1. The minimum absolute atomic E-state index is 0.122. The van der Waals surface area contributed by atoms with Crippen LogP contribution in [0.15, 0.2) is 23.4 Å². The van der Waals surface area contributed by atoms with Gasteiger partial charge in [0.25, 0.3) is 0 Å². The fraction of sp³-hybridized carbons (Fsp3) is 0.364. The summed E-state index contributed by atoms with van der Waals surface area (Å²) in [7, 11) is 1.77. The lowest BCUT2D eigenvalue weighted by molar-refractivity contribution is 0.308. The van der Waals surface area contributed by atoms with E-state index in [1.807, 2.05) is 0 Å². The molecule has 0 aliphatic heterocycles. The molecule has 0 bridgehead atoms. The number of halogens is 2. The maximum atomic E-state index is 13.3. The van der Waals surface area contributed by atoms with Gasteiger partial charge in [-0.1, -0.05) is 11.2 Å². The van der Waals surface area contributed by atoms with Gasteiger partial charge in [0.05, 0.1) is 0 Å². The molecule has 0 saturated carbocycles. The second-order valence-electron chi connectivity index (χ2n) is 3.81. The van der Waals surface area contributed by atoms with Crippen molar-refractivity contribution < 1.29 is 14.0 Å². The van der Waals surface area contributed by atoms with E-state index in [0.29, 0.717) is 25.1 Å². The van der Waals surface area contributed by atoms with Crippen LogP contribution in [0.5, 0.6) is 0 Å². The molecule has 0 spiro atoms. The van der Waals surface area contributed by atoms with Gasteiger partial charge in [-0.05, 0) is 13.1 Å². The third kappa shape index (κ3) is 4.36. The molecule has 0 aliphatic rings. The first kappa shape index (κ1) is 13.4. The zero-order valence-corrected chi connectivity index (χ0v) is 9.53. The molecule has 1 aromatic rings. The van der Waals surface area contributed by atoms with Gasteiger partial charge in [-0.3, -0.25) is 0 Å². The fourth-order valence-electron chi connectivity index (χ4n) is 1.38. The topological polar surface area (TPSA) is 61.8 Å². The Balaban J connectivity index is 2.53. The molecule has 17 heavy (non-hydrogen) atoms. The third-order valence-corrected chi connectivity index (χ3v) is 2.33. The first-order chi connectivity index (χ1) is 8.02. The molecule has 0 amide bonds. The van der Waals surface area contributed by atoms with Crippen LogP contribution in [-0.4, -0.2) is 29.5 Å². The summed E-state index contributed by atoms with van der Waals surface area (Å²) in [5.41, 5.74) is 5.72. The van der Waals surface area contributed by atoms with Crippen LogP contribution in [0.25, 0.3) is 0 Å². The van der Waals surface area contributed by atoms with Crippen LogP contribution in [0, 0.1) is 11.6 Å². The minimum atomic E-state index is -0.592. The predicted octanol–water partition coefficient (Wildman–Crippen LogP) is 1.53. The van der Waals surface area contributed by atoms with Gasteiger partial charge in [-0.25, -0.2) is 8.78 Å². The van der Waals surface area contributed by atoms with Crippen LogP contribution in [-0.2, 0) is 6.54 Å². The highest BCUT2D eigenvalue weighted by molar-refractivity contribution is 5.79. The molecular formula is C11H15F2N3O. The van der Waals surface area contributed by atoms with Crippen molar-refractivity contribution >= 4 is 5.84 Å². The first-order valence-corrected chi connectivity index (χ1v) is 5.12. The quantitative estimate of drug-likeness (QED) is 0.357. The van der Waals surface area contributed by atoms with Crippen LogP contribution >= 0.6 is 0 Å². The van der Waals surface area contributed by atoms with Crippen molar-refractivity contribution in [2.24, 2.45) is 10.9 Å². The van der Waals surface area contributed by atoms with Crippen LogP contribution in [0.3, 0.4) is 0 Å². The SMILES string of the molecule is CN(CC/C(N)=N/O)Cc1ccc(F)cc1F. The molecule has 0 aromatic heterocycles. The Hall–Kier alpha value is -1.69. The highest BCUT2D eigenvalue weighted by Crippen LogP contribution is 2.11. The number of nitrogens with zero attached hydrogens (tertiary/aromatic N) is 2. The maximum Gasteiger partial charge on any atom is 0.140 e. The van der Waals surface area contributed by atoms with Crippen LogP contribution in [0.1, 0.15) is 12.0 Å². The fourth-order valence-corrected chi connectivity index (χ4v) is 1.38. The van der Waals surface area contributed by atoms with E-state index in [1.165, 1.54) is 12.1 Å². The monoisotopic (exact) mass is 243 g/mol. The first-order valence-electron chi connectivity index (χ1n) is 5.12. The average molecular weight is 243 g/mol. The molecule has 0 heterocycles. The highest BCUT2D eigenvalue weighted by Gasteiger charge is 2.07. The van der Waals surface area contributed by atoms with Gasteiger partial charge in [-0.15, -0.1) is 0 Å². The van der Waals surface area contributed by atoms with E-state index in [1.54, 1.807) is 11.9 Å². The molecule has 6 heteroatoms. The zero-order valence-electron chi connectivity index (χ0n) is 9.53. The molecule has 0 aliphatic carbocycles. The van der Waals surface area contributed by atoms with E-state index in [2.05, 4.69) is 5.16 Å². The summed E-state index contributed by atoms with van der Waals surface area (Å²) in [5, 5.41) is 11.2. The lowest BCUT2D eigenvalue weighted by Crippen LogP contribution is -2.24. The van der Waals surface area contributed by atoms with Crippen LogP contribution in [0.2, 0.25) is 0 Å². The number of nitrogens with two attached hydrogens (primary N) is 1. The van der Waals surface area contributed by atoms with Crippen molar-refractivity contribution in [3.8, 4) is 0 Å². The summed E-state index contributed by atoms with van der Waals surface area (Å²) >= 11 is 0. The Labute approximate surface area is 98.3 Å². The van der Waals surface area contributed by atoms with Gasteiger partial charge in [0, 0.05) is 31.1 Å². The number of oxime groups is 1. The van der Waals surface area contributed by atoms with E-state index in [4.69, 9.17) is 10.9 Å². The molecule has 1 aromatic carbocycles. The lowest BCUT2D eigenvalue weighted by atomic mass is 10.2. The van der Waals surface area contributed by atoms with Crippen molar-refractivity contribution in [3.63, 3.8) is 0 Å². The normalized spacial score (nSPS) is 12.1. The number of hydrogen-bond acceptors (Lipinski definition) is 3. The van der Waals surface area contributed by atoms with E-state index in [-0.39, 0.29) is 5.84 Å². The Morgan fingerprint density at radius 3 is 2.76 bits per heavy atom. The standard InChI is InChI=1S/C11H15F2N3O/c1-16(5-4-11(14)15-17)7-8-2-3-9(12)6-10(8)13/h2-3,6,17H,4-5,7H2,1H3,(H2,14,15). The van der Waals surface area contributed by atoms with Gasteiger partial charge in [-0.2, -0.15) is 0 Å². The molecule has 1 rings (SSSR count). The summed E-state index contributed by atoms with van der Waals surface area (Å²) in [4.78, 5) is 1.80. The Bertz CT molecular complexity index is 410.